The number of para-hydroxylation sites is 1. The normalized spacial score (nSPS) is 28.2. The Bertz CT molecular complexity index is 1150. The van der Waals surface area contributed by atoms with E-state index in [-0.39, 0.29) is 37.1 Å². The number of aromatic nitrogens is 3. The van der Waals surface area contributed by atoms with E-state index in [2.05, 4.69) is 20.9 Å². The summed E-state index contributed by atoms with van der Waals surface area (Å²) in [5.41, 5.74) is 0.526. The lowest BCUT2D eigenvalue weighted by molar-refractivity contribution is -0.142. The molecule has 1 spiro atoms. The topological polar surface area (TPSA) is 139 Å². The predicted octanol–water partition coefficient (Wildman–Crippen LogP) is 0.959. The fourth-order valence-electron chi connectivity index (χ4n) is 6.39. The molecule has 0 radical (unpaired) electrons. The molecular weight excluding hydrogens is 476 g/mol. The molecule has 1 aromatic heterocycles. The van der Waals surface area contributed by atoms with Crippen LogP contribution >= 0.6 is 0 Å². The Morgan fingerprint density at radius 2 is 1.97 bits per heavy atom. The van der Waals surface area contributed by atoms with Gasteiger partial charge in [-0.15, -0.1) is 5.10 Å². The smallest absolute Gasteiger partial charge is 0.247 e. The van der Waals surface area contributed by atoms with Crippen LogP contribution in [0.1, 0.15) is 51.9 Å². The summed E-state index contributed by atoms with van der Waals surface area (Å²) in [5.74, 6) is -1.89. The van der Waals surface area contributed by atoms with Gasteiger partial charge in [-0.1, -0.05) is 37.1 Å². The number of carbonyl (C=O) groups is 3. The van der Waals surface area contributed by atoms with Crippen LogP contribution in [0.4, 0.5) is 0 Å². The Hall–Kier alpha value is -3.05. The lowest BCUT2D eigenvalue weighted by Crippen LogP contribution is -2.55. The van der Waals surface area contributed by atoms with E-state index in [1.54, 1.807) is 9.58 Å². The van der Waals surface area contributed by atoms with E-state index in [1.807, 2.05) is 31.2 Å². The number of nitrogens with one attached hydrogen (secondary N) is 2. The number of carbonyl (C=O) groups excluding carboxylic acids is 3. The van der Waals surface area contributed by atoms with Gasteiger partial charge < -0.3 is 25.4 Å². The van der Waals surface area contributed by atoms with E-state index in [0.717, 1.165) is 30.3 Å². The van der Waals surface area contributed by atoms with Crippen LogP contribution < -0.4 is 10.6 Å². The first-order valence-corrected chi connectivity index (χ1v) is 13.4. The SMILES string of the molecule is CCCNC(=O)[C@@H]1[C@@H]2CCC3(O2)C(C(=O)NCn2nnc4ccccc42)N(CCCCCCO)C(=O)[C@H]13. The van der Waals surface area contributed by atoms with Gasteiger partial charge >= 0.3 is 0 Å². The van der Waals surface area contributed by atoms with Crippen LogP contribution in [0.15, 0.2) is 24.3 Å². The first-order chi connectivity index (χ1) is 18.0. The number of benzene rings is 1. The van der Waals surface area contributed by atoms with Crippen LogP contribution in [-0.2, 0) is 25.8 Å². The van der Waals surface area contributed by atoms with Crippen molar-refractivity contribution in [3.05, 3.63) is 24.3 Å². The highest BCUT2D eigenvalue weighted by molar-refractivity contribution is 5.98. The summed E-state index contributed by atoms with van der Waals surface area (Å²) in [4.78, 5) is 42.3. The molecule has 1 aromatic carbocycles. The number of likely N-dealkylation sites (tertiary alicyclic amines) is 1. The van der Waals surface area contributed by atoms with E-state index >= 15 is 0 Å². The van der Waals surface area contributed by atoms with Gasteiger partial charge in [0.1, 0.15) is 23.8 Å². The van der Waals surface area contributed by atoms with Crippen LogP contribution in [0, 0.1) is 11.8 Å². The minimum absolute atomic E-state index is 0.110. The van der Waals surface area contributed by atoms with E-state index in [1.165, 1.54) is 0 Å². The lowest BCUT2D eigenvalue weighted by atomic mass is 9.70. The van der Waals surface area contributed by atoms with E-state index in [4.69, 9.17) is 9.84 Å². The second-order valence-corrected chi connectivity index (χ2v) is 10.3. The maximum atomic E-state index is 13.8. The molecule has 3 N–H and O–H groups in total. The summed E-state index contributed by atoms with van der Waals surface area (Å²) in [6.45, 7) is 3.18. The molecule has 5 atom stereocenters. The largest absolute Gasteiger partial charge is 0.396 e. The zero-order chi connectivity index (χ0) is 26.0. The fourth-order valence-corrected chi connectivity index (χ4v) is 6.39. The molecule has 11 heteroatoms. The van der Waals surface area contributed by atoms with Gasteiger partial charge in [0, 0.05) is 19.7 Å². The van der Waals surface area contributed by atoms with Gasteiger partial charge in [-0.2, -0.15) is 0 Å². The van der Waals surface area contributed by atoms with Crippen molar-refractivity contribution in [2.45, 2.75) is 76.3 Å². The maximum Gasteiger partial charge on any atom is 0.247 e. The summed E-state index contributed by atoms with van der Waals surface area (Å²) < 4.78 is 8.05. The molecule has 2 bridgehead atoms. The zero-order valence-corrected chi connectivity index (χ0v) is 21.3. The molecular formula is C26H36N6O5. The third-order valence-electron chi connectivity index (χ3n) is 8.03. The summed E-state index contributed by atoms with van der Waals surface area (Å²) in [5, 5.41) is 23.3. The number of aliphatic hydroxyl groups excluding tert-OH is 1. The molecule has 200 valence electrons. The number of hydrogen-bond donors (Lipinski definition) is 3. The molecule has 11 nitrogen and oxygen atoms in total. The Morgan fingerprint density at radius 3 is 2.78 bits per heavy atom. The highest BCUT2D eigenvalue weighted by Gasteiger charge is 2.74. The van der Waals surface area contributed by atoms with Crippen molar-refractivity contribution < 1.29 is 24.2 Å². The molecule has 3 fully saturated rings. The van der Waals surface area contributed by atoms with Gasteiger partial charge in [0.25, 0.3) is 0 Å². The molecule has 37 heavy (non-hydrogen) atoms. The fraction of sp³-hybridized carbons (Fsp3) is 0.654. The van der Waals surface area contributed by atoms with Crippen LogP contribution in [0.5, 0.6) is 0 Å². The minimum atomic E-state index is -1.00. The van der Waals surface area contributed by atoms with Crippen LogP contribution in [0.25, 0.3) is 11.0 Å². The Labute approximate surface area is 215 Å². The van der Waals surface area contributed by atoms with Gasteiger partial charge in [-0.25, -0.2) is 4.68 Å². The number of rotatable bonds is 12. The van der Waals surface area contributed by atoms with Crippen molar-refractivity contribution in [3.8, 4) is 0 Å². The summed E-state index contributed by atoms with van der Waals surface area (Å²) in [7, 11) is 0. The maximum absolute atomic E-state index is 13.8. The minimum Gasteiger partial charge on any atom is -0.396 e. The van der Waals surface area contributed by atoms with Gasteiger partial charge in [-0.05, 0) is 44.2 Å². The van der Waals surface area contributed by atoms with Gasteiger partial charge in [0.05, 0.1) is 23.5 Å². The molecule has 3 aliphatic rings. The molecule has 0 saturated carbocycles. The van der Waals surface area contributed by atoms with Crippen molar-refractivity contribution in [2.24, 2.45) is 11.8 Å². The van der Waals surface area contributed by atoms with E-state index < -0.39 is 23.5 Å². The van der Waals surface area contributed by atoms with E-state index in [9.17, 15) is 14.4 Å². The second-order valence-electron chi connectivity index (χ2n) is 10.3. The van der Waals surface area contributed by atoms with Crippen molar-refractivity contribution >= 4 is 28.8 Å². The molecule has 3 aliphatic heterocycles. The second kappa shape index (κ2) is 10.7. The van der Waals surface area contributed by atoms with Crippen molar-refractivity contribution in [1.29, 1.82) is 0 Å². The monoisotopic (exact) mass is 512 g/mol. The molecule has 3 amide bonds. The number of unbranched alkanes of at least 4 members (excludes halogenated alkanes) is 3. The van der Waals surface area contributed by atoms with Crippen molar-refractivity contribution in [3.63, 3.8) is 0 Å². The van der Waals surface area contributed by atoms with Crippen LogP contribution in [-0.4, -0.2) is 80.2 Å². The number of amides is 3. The van der Waals surface area contributed by atoms with Gasteiger partial charge in [0.15, 0.2) is 0 Å². The Kier molecular flexibility index (Phi) is 7.43. The molecule has 4 heterocycles. The first-order valence-electron chi connectivity index (χ1n) is 13.4. The number of aliphatic hydroxyl groups is 1. The third-order valence-corrected chi connectivity index (χ3v) is 8.03. The van der Waals surface area contributed by atoms with Gasteiger partial charge in [0.2, 0.25) is 17.7 Å². The molecule has 2 unspecified atom stereocenters. The predicted molar refractivity (Wildman–Crippen MR) is 134 cm³/mol. The number of fused-ring (bicyclic) bond motifs is 2. The molecule has 2 aromatic rings. The van der Waals surface area contributed by atoms with E-state index in [0.29, 0.717) is 38.8 Å². The highest BCUT2D eigenvalue weighted by Crippen LogP contribution is 2.58. The Morgan fingerprint density at radius 1 is 1.16 bits per heavy atom. The van der Waals surface area contributed by atoms with Gasteiger partial charge in [-0.3, -0.25) is 14.4 Å². The number of nitrogens with zero attached hydrogens (tertiary/aromatic N) is 4. The molecule has 5 rings (SSSR count). The summed E-state index contributed by atoms with van der Waals surface area (Å²) in [6, 6.07) is 6.69. The quantitative estimate of drug-likeness (QED) is 0.360. The zero-order valence-electron chi connectivity index (χ0n) is 21.3. The third kappa shape index (κ3) is 4.48. The standard InChI is InChI=1S/C26H36N6O5/c1-2-13-27-23(34)20-19-11-12-26(37-19)21(20)25(36)31(14-7-3-4-8-15-33)22(26)24(35)28-16-32-18-10-6-5-9-17(18)29-30-32/h5-6,9-10,19-22,33H,2-4,7-8,11-16H2,1H3,(H,27,34)(H,28,35)/t19-,20+,21-,22?,26?/m0/s1. The molecule has 0 aliphatic carbocycles. The molecule has 3 saturated heterocycles. The Balaban J connectivity index is 1.37. The number of ether oxygens (including phenoxy) is 1. The van der Waals surface area contributed by atoms with Crippen molar-refractivity contribution in [1.82, 2.24) is 30.5 Å². The average molecular weight is 513 g/mol. The van der Waals surface area contributed by atoms with Crippen LogP contribution in [0.3, 0.4) is 0 Å². The highest BCUT2D eigenvalue weighted by atomic mass is 16.5. The average Bonchev–Trinajstić information content (AvgIpc) is 3.65. The van der Waals surface area contributed by atoms with Crippen LogP contribution in [0.2, 0.25) is 0 Å². The van der Waals surface area contributed by atoms with Crippen molar-refractivity contribution in [2.75, 3.05) is 19.7 Å². The summed E-state index contributed by atoms with van der Waals surface area (Å²) >= 11 is 0. The first kappa shape index (κ1) is 25.6. The number of hydrogen-bond acceptors (Lipinski definition) is 7. The lowest BCUT2D eigenvalue weighted by Gasteiger charge is -2.33. The summed E-state index contributed by atoms with van der Waals surface area (Å²) in [6.07, 6.45) is 4.77.